The number of imidazole rings is 1. The van der Waals surface area contributed by atoms with E-state index in [1.807, 2.05) is 0 Å². The van der Waals surface area contributed by atoms with Crippen LogP contribution in [0.3, 0.4) is 0 Å². The standard InChI is InChI=1S/C15H22N6O/c1-20-11-6-3-2-5-10(11)16-14(20)12-7-4-8-21(12)9-13-17-15(22)19-18-13/h12H,2-9H2,1H3,(H2,17,18,19,22). The highest BCUT2D eigenvalue weighted by Gasteiger charge is 2.31. The van der Waals surface area contributed by atoms with Crippen LogP contribution in [0.15, 0.2) is 4.79 Å². The van der Waals surface area contributed by atoms with Crippen molar-refractivity contribution >= 4 is 0 Å². The van der Waals surface area contributed by atoms with Gasteiger partial charge in [0.1, 0.15) is 11.6 Å². The summed E-state index contributed by atoms with van der Waals surface area (Å²) in [5, 5.41) is 6.47. The number of aryl methyl sites for hydroxylation is 1. The van der Waals surface area contributed by atoms with Crippen molar-refractivity contribution in [2.24, 2.45) is 7.05 Å². The van der Waals surface area contributed by atoms with Crippen LogP contribution in [0.5, 0.6) is 0 Å². The number of nitrogens with one attached hydrogen (secondary N) is 2. The molecule has 1 unspecified atom stereocenters. The van der Waals surface area contributed by atoms with Gasteiger partial charge >= 0.3 is 5.69 Å². The van der Waals surface area contributed by atoms with Crippen LogP contribution < -0.4 is 5.69 Å². The third kappa shape index (κ3) is 2.29. The molecule has 2 aromatic heterocycles. The first kappa shape index (κ1) is 13.8. The minimum absolute atomic E-state index is 0.238. The Morgan fingerprint density at radius 1 is 1.27 bits per heavy atom. The van der Waals surface area contributed by atoms with Crippen molar-refractivity contribution in [3.8, 4) is 0 Å². The van der Waals surface area contributed by atoms with Gasteiger partial charge < -0.3 is 4.57 Å². The number of hydrogen-bond donors (Lipinski definition) is 2. The van der Waals surface area contributed by atoms with Gasteiger partial charge in [0.15, 0.2) is 0 Å². The van der Waals surface area contributed by atoms with E-state index in [4.69, 9.17) is 4.98 Å². The zero-order chi connectivity index (χ0) is 15.1. The second kappa shape index (κ2) is 5.39. The van der Waals surface area contributed by atoms with E-state index < -0.39 is 0 Å². The van der Waals surface area contributed by atoms with E-state index in [-0.39, 0.29) is 5.69 Å². The summed E-state index contributed by atoms with van der Waals surface area (Å²) in [6, 6.07) is 0.329. The molecule has 3 heterocycles. The van der Waals surface area contributed by atoms with E-state index in [0.29, 0.717) is 18.4 Å². The third-order valence-electron chi connectivity index (χ3n) is 4.97. The van der Waals surface area contributed by atoms with Gasteiger partial charge in [0.05, 0.1) is 18.3 Å². The maximum absolute atomic E-state index is 11.2. The van der Waals surface area contributed by atoms with Gasteiger partial charge in [0.25, 0.3) is 0 Å². The summed E-state index contributed by atoms with van der Waals surface area (Å²) in [6.45, 7) is 1.69. The fourth-order valence-corrected chi connectivity index (χ4v) is 3.89. The minimum atomic E-state index is -0.238. The summed E-state index contributed by atoms with van der Waals surface area (Å²) in [5.41, 5.74) is 2.48. The van der Waals surface area contributed by atoms with Crippen LogP contribution in [-0.2, 0) is 26.4 Å². The number of fused-ring (bicyclic) bond motifs is 1. The second-order valence-electron chi connectivity index (χ2n) is 6.38. The molecule has 1 atom stereocenters. The summed E-state index contributed by atoms with van der Waals surface area (Å²) in [7, 11) is 2.15. The molecule has 1 saturated heterocycles. The van der Waals surface area contributed by atoms with E-state index in [9.17, 15) is 4.79 Å². The molecule has 1 aliphatic heterocycles. The van der Waals surface area contributed by atoms with Crippen LogP contribution in [0.4, 0.5) is 0 Å². The largest absolute Gasteiger partial charge is 0.340 e. The fraction of sp³-hybridized carbons (Fsp3) is 0.667. The molecule has 1 aliphatic carbocycles. The summed E-state index contributed by atoms with van der Waals surface area (Å²) in [4.78, 5) is 21.3. The van der Waals surface area contributed by atoms with Crippen LogP contribution in [0, 0.1) is 0 Å². The van der Waals surface area contributed by atoms with Crippen LogP contribution in [0.25, 0.3) is 0 Å². The van der Waals surface area contributed by atoms with Gasteiger partial charge in [-0.3, -0.25) is 9.88 Å². The van der Waals surface area contributed by atoms with E-state index >= 15 is 0 Å². The first-order chi connectivity index (χ1) is 10.7. The Kier molecular flexibility index (Phi) is 3.37. The fourth-order valence-electron chi connectivity index (χ4n) is 3.89. The molecule has 22 heavy (non-hydrogen) atoms. The Morgan fingerprint density at radius 2 is 2.14 bits per heavy atom. The van der Waals surface area contributed by atoms with Crippen molar-refractivity contribution in [2.45, 2.75) is 51.1 Å². The zero-order valence-corrected chi connectivity index (χ0v) is 12.9. The lowest BCUT2D eigenvalue weighted by Crippen LogP contribution is -2.25. The van der Waals surface area contributed by atoms with Crippen LogP contribution in [-0.4, -0.2) is 36.2 Å². The maximum Gasteiger partial charge on any atom is 0.340 e. The number of nitrogens with zero attached hydrogens (tertiary/aromatic N) is 4. The molecule has 0 amide bonds. The number of aromatic nitrogens is 5. The van der Waals surface area contributed by atoms with Gasteiger partial charge in [-0.05, 0) is 45.1 Å². The molecule has 0 bridgehead atoms. The Labute approximate surface area is 128 Å². The van der Waals surface area contributed by atoms with Crippen molar-refractivity contribution in [2.75, 3.05) is 6.54 Å². The molecular formula is C15H22N6O. The van der Waals surface area contributed by atoms with Gasteiger partial charge in [0.2, 0.25) is 0 Å². The van der Waals surface area contributed by atoms with Gasteiger partial charge in [-0.25, -0.2) is 14.9 Å². The van der Waals surface area contributed by atoms with E-state index in [1.165, 1.54) is 30.1 Å². The first-order valence-electron chi connectivity index (χ1n) is 8.14. The molecule has 2 aliphatic rings. The van der Waals surface area contributed by atoms with Gasteiger partial charge in [-0.1, -0.05) is 0 Å². The van der Waals surface area contributed by atoms with Crippen molar-refractivity contribution in [3.63, 3.8) is 0 Å². The summed E-state index contributed by atoms with van der Waals surface area (Å²) in [5.74, 6) is 1.89. The molecule has 2 aromatic rings. The molecule has 0 radical (unpaired) electrons. The molecule has 0 aromatic carbocycles. The summed E-state index contributed by atoms with van der Waals surface area (Å²) >= 11 is 0. The molecular weight excluding hydrogens is 280 g/mol. The number of H-pyrrole nitrogens is 2. The normalized spacial score (nSPS) is 22.1. The predicted octanol–water partition coefficient (Wildman–Crippen LogP) is 1.05. The molecule has 4 rings (SSSR count). The Bertz CT molecular complexity index is 727. The smallest absolute Gasteiger partial charge is 0.334 e. The number of rotatable bonds is 3. The van der Waals surface area contributed by atoms with E-state index in [2.05, 4.69) is 31.7 Å². The number of hydrogen-bond acceptors (Lipinski definition) is 4. The monoisotopic (exact) mass is 302 g/mol. The van der Waals surface area contributed by atoms with Crippen molar-refractivity contribution in [3.05, 3.63) is 33.5 Å². The van der Waals surface area contributed by atoms with Crippen LogP contribution in [0.1, 0.15) is 54.8 Å². The third-order valence-corrected chi connectivity index (χ3v) is 4.97. The Hall–Kier alpha value is -1.89. The van der Waals surface area contributed by atoms with Crippen molar-refractivity contribution in [1.82, 2.24) is 29.6 Å². The van der Waals surface area contributed by atoms with Crippen LogP contribution in [0.2, 0.25) is 0 Å². The van der Waals surface area contributed by atoms with Gasteiger partial charge in [-0.2, -0.15) is 5.10 Å². The molecule has 2 N–H and O–H groups in total. The predicted molar refractivity (Wildman–Crippen MR) is 81.4 cm³/mol. The lowest BCUT2D eigenvalue weighted by Gasteiger charge is -2.23. The SMILES string of the molecule is Cn1c(C2CCCN2Cc2n[nH]c(=O)[nH]2)nc2c1CCCC2. The average Bonchev–Trinajstić information content (AvgIpc) is 3.21. The highest BCUT2D eigenvalue weighted by Crippen LogP contribution is 2.34. The van der Waals surface area contributed by atoms with Gasteiger partial charge in [-0.15, -0.1) is 0 Å². The molecule has 1 fully saturated rings. The summed E-state index contributed by atoms with van der Waals surface area (Å²) in [6.07, 6.45) is 7.08. The Morgan fingerprint density at radius 3 is 2.91 bits per heavy atom. The lowest BCUT2D eigenvalue weighted by molar-refractivity contribution is 0.230. The topological polar surface area (TPSA) is 82.6 Å². The van der Waals surface area contributed by atoms with E-state index in [1.54, 1.807) is 0 Å². The van der Waals surface area contributed by atoms with E-state index in [0.717, 1.165) is 32.2 Å². The number of aromatic amines is 2. The summed E-state index contributed by atoms with van der Waals surface area (Å²) < 4.78 is 2.31. The number of likely N-dealkylation sites (tertiary alicyclic amines) is 1. The first-order valence-corrected chi connectivity index (χ1v) is 8.14. The molecule has 7 nitrogen and oxygen atoms in total. The molecule has 0 saturated carbocycles. The molecule has 118 valence electrons. The highest BCUT2D eigenvalue weighted by molar-refractivity contribution is 5.22. The molecule has 7 heteroatoms. The van der Waals surface area contributed by atoms with Crippen LogP contribution >= 0.6 is 0 Å². The highest BCUT2D eigenvalue weighted by atomic mass is 16.1. The van der Waals surface area contributed by atoms with Gasteiger partial charge in [0, 0.05) is 12.7 Å². The van der Waals surface area contributed by atoms with Crippen molar-refractivity contribution in [1.29, 1.82) is 0 Å². The maximum atomic E-state index is 11.2. The average molecular weight is 302 g/mol. The lowest BCUT2D eigenvalue weighted by atomic mass is 10.0. The second-order valence-corrected chi connectivity index (χ2v) is 6.38. The van der Waals surface area contributed by atoms with Crippen molar-refractivity contribution < 1.29 is 0 Å². The zero-order valence-electron chi connectivity index (χ0n) is 12.9. The minimum Gasteiger partial charge on any atom is -0.334 e. The molecule has 0 spiro atoms. The quantitative estimate of drug-likeness (QED) is 0.888. The Balaban J connectivity index is 1.61.